The molecular formula is C25H26F3N9O. The number of amides is 1. The molecule has 1 aliphatic heterocycles. The molecule has 0 aromatic carbocycles. The third-order valence-electron chi connectivity index (χ3n) is 6.83. The zero-order chi connectivity index (χ0) is 27.1. The number of nitrogens with two attached hydrogens (primary N) is 1. The molecule has 0 saturated heterocycles. The number of nitrogens with zero attached hydrogens (tertiary/aromatic N) is 7. The average molecular weight is 526 g/mol. The van der Waals surface area contributed by atoms with Gasteiger partial charge in [-0.05, 0) is 43.7 Å². The summed E-state index contributed by atoms with van der Waals surface area (Å²) < 4.78 is 40.9. The van der Waals surface area contributed by atoms with E-state index in [1.165, 1.54) is 23.3 Å². The zero-order valence-corrected chi connectivity index (χ0v) is 20.7. The molecule has 4 heterocycles. The minimum atomic E-state index is -4.54. The third kappa shape index (κ3) is 4.31. The molecule has 198 valence electrons. The second-order valence-corrected chi connectivity index (χ2v) is 9.29. The summed E-state index contributed by atoms with van der Waals surface area (Å²) in [5, 5.41) is 6.90. The van der Waals surface area contributed by atoms with Crippen molar-refractivity contribution in [1.82, 2.24) is 29.7 Å². The first-order chi connectivity index (χ1) is 18.2. The molecule has 0 spiro atoms. The summed E-state index contributed by atoms with van der Waals surface area (Å²) >= 11 is 0. The van der Waals surface area contributed by atoms with Crippen molar-refractivity contribution in [2.75, 3.05) is 11.1 Å². The number of nitrogens with one attached hydrogen (secondary N) is 1. The van der Waals surface area contributed by atoms with Crippen LogP contribution in [0.25, 0.3) is 6.20 Å². The van der Waals surface area contributed by atoms with Crippen molar-refractivity contribution in [3.05, 3.63) is 59.7 Å². The molecule has 1 aliphatic carbocycles. The Balaban J connectivity index is 1.52. The first-order valence-corrected chi connectivity index (χ1v) is 12.3. The van der Waals surface area contributed by atoms with Crippen LogP contribution in [-0.2, 0) is 22.9 Å². The van der Waals surface area contributed by atoms with Crippen LogP contribution in [0.1, 0.15) is 67.5 Å². The SMILES string of the molecule is C=Cn1ncnc1C(CCCC)=NCc1nc(N)c2c(n1)NC(=O)C2(c1ccc(C(F)(F)F)cn1)C1CC1. The second-order valence-electron chi connectivity index (χ2n) is 9.29. The number of nitrogen functional groups attached to an aromatic ring is 1. The minimum Gasteiger partial charge on any atom is -0.383 e. The number of halogens is 3. The van der Waals surface area contributed by atoms with Gasteiger partial charge in [-0.1, -0.05) is 19.9 Å². The van der Waals surface area contributed by atoms with Crippen LogP contribution in [-0.4, -0.2) is 41.3 Å². The first kappa shape index (κ1) is 25.5. The molecule has 3 N–H and O–H groups in total. The Bertz CT molecular complexity index is 1410. The van der Waals surface area contributed by atoms with Gasteiger partial charge >= 0.3 is 6.18 Å². The van der Waals surface area contributed by atoms with Gasteiger partial charge in [0.25, 0.3) is 0 Å². The van der Waals surface area contributed by atoms with E-state index in [1.807, 2.05) is 0 Å². The Morgan fingerprint density at radius 1 is 1.32 bits per heavy atom. The predicted octanol–water partition coefficient (Wildman–Crippen LogP) is 3.99. The molecule has 0 radical (unpaired) electrons. The van der Waals surface area contributed by atoms with Gasteiger partial charge in [0, 0.05) is 12.4 Å². The topological polar surface area (TPSA) is 137 Å². The van der Waals surface area contributed by atoms with Gasteiger partial charge in [-0.3, -0.25) is 14.8 Å². The van der Waals surface area contributed by atoms with Crippen LogP contribution in [0.4, 0.5) is 24.8 Å². The van der Waals surface area contributed by atoms with Crippen molar-refractivity contribution in [1.29, 1.82) is 0 Å². The van der Waals surface area contributed by atoms with Gasteiger partial charge in [-0.2, -0.15) is 18.3 Å². The van der Waals surface area contributed by atoms with Crippen LogP contribution in [0.5, 0.6) is 0 Å². The summed E-state index contributed by atoms with van der Waals surface area (Å²) in [5.74, 6) is 0.548. The summed E-state index contributed by atoms with van der Waals surface area (Å²) in [6, 6.07) is 2.17. The molecule has 1 saturated carbocycles. The van der Waals surface area contributed by atoms with Crippen LogP contribution >= 0.6 is 0 Å². The quantitative estimate of drug-likeness (QED) is 0.403. The van der Waals surface area contributed by atoms with E-state index in [9.17, 15) is 18.0 Å². The van der Waals surface area contributed by atoms with Crippen molar-refractivity contribution in [2.45, 2.75) is 57.2 Å². The van der Waals surface area contributed by atoms with E-state index in [2.05, 4.69) is 48.8 Å². The second kappa shape index (κ2) is 9.62. The Morgan fingerprint density at radius 2 is 2.11 bits per heavy atom. The highest BCUT2D eigenvalue weighted by atomic mass is 19.4. The highest BCUT2D eigenvalue weighted by Crippen LogP contribution is 2.57. The van der Waals surface area contributed by atoms with Crippen molar-refractivity contribution in [2.24, 2.45) is 10.9 Å². The number of pyridine rings is 1. The number of unbranched alkanes of at least 4 members (excludes halogenated alkanes) is 1. The number of aromatic nitrogens is 6. The molecule has 38 heavy (non-hydrogen) atoms. The lowest BCUT2D eigenvalue weighted by atomic mass is 9.74. The van der Waals surface area contributed by atoms with E-state index in [-0.39, 0.29) is 35.6 Å². The molecule has 3 aromatic heterocycles. The molecule has 1 amide bonds. The molecule has 1 unspecified atom stereocenters. The number of carbonyl (C=O) groups is 1. The lowest BCUT2D eigenvalue weighted by Gasteiger charge is -2.27. The van der Waals surface area contributed by atoms with Crippen LogP contribution in [0.2, 0.25) is 0 Å². The smallest absolute Gasteiger partial charge is 0.383 e. The summed E-state index contributed by atoms with van der Waals surface area (Å²) in [6.45, 7) is 5.89. The highest BCUT2D eigenvalue weighted by Gasteiger charge is 2.60. The highest BCUT2D eigenvalue weighted by molar-refractivity contribution is 6.09. The number of alkyl halides is 3. The Labute approximate surface area is 216 Å². The van der Waals surface area contributed by atoms with Crippen molar-refractivity contribution >= 4 is 29.5 Å². The number of fused-ring (bicyclic) bond motifs is 1. The van der Waals surface area contributed by atoms with E-state index in [0.717, 1.165) is 25.1 Å². The number of hydrogen-bond donors (Lipinski definition) is 2. The van der Waals surface area contributed by atoms with Crippen molar-refractivity contribution in [3.8, 4) is 0 Å². The van der Waals surface area contributed by atoms with Crippen LogP contribution < -0.4 is 11.1 Å². The Morgan fingerprint density at radius 3 is 2.74 bits per heavy atom. The van der Waals surface area contributed by atoms with E-state index in [0.29, 0.717) is 36.4 Å². The van der Waals surface area contributed by atoms with Gasteiger partial charge in [0.2, 0.25) is 5.91 Å². The van der Waals surface area contributed by atoms with Crippen molar-refractivity contribution in [3.63, 3.8) is 0 Å². The fourth-order valence-corrected chi connectivity index (χ4v) is 4.91. The lowest BCUT2D eigenvalue weighted by molar-refractivity contribution is -0.137. The maximum Gasteiger partial charge on any atom is 0.417 e. The van der Waals surface area contributed by atoms with Gasteiger partial charge in [-0.15, -0.1) is 0 Å². The van der Waals surface area contributed by atoms with Gasteiger partial charge in [0.05, 0.1) is 29.1 Å². The minimum absolute atomic E-state index is 0.0662. The van der Waals surface area contributed by atoms with E-state index < -0.39 is 23.1 Å². The molecule has 5 rings (SSSR count). The number of anilines is 2. The van der Waals surface area contributed by atoms with E-state index >= 15 is 0 Å². The first-order valence-electron chi connectivity index (χ1n) is 12.3. The fourth-order valence-electron chi connectivity index (χ4n) is 4.91. The predicted molar refractivity (Wildman–Crippen MR) is 134 cm³/mol. The zero-order valence-electron chi connectivity index (χ0n) is 20.7. The summed E-state index contributed by atoms with van der Waals surface area (Å²) in [6.07, 6.45) is 3.06. The summed E-state index contributed by atoms with van der Waals surface area (Å²) in [4.78, 5) is 35.4. The number of hydrogen-bond acceptors (Lipinski definition) is 8. The molecular weight excluding hydrogens is 499 g/mol. The third-order valence-corrected chi connectivity index (χ3v) is 6.83. The van der Waals surface area contributed by atoms with Crippen LogP contribution in [0.15, 0.2) is 36.2 Å². The van der Waals surface area contributed by atoms with Gasteiger partial charge < -0.3 is 11.1 Å². The van der Waals surface area contributed by atoms with Crippen LogP contribution in [0.3, 0.4) is 0 Å². The normalized spacial score (nSPS) is 19.4. The Kier molecular flexibility index (Phi) is 6.45. The molecule has 0 bridgehead atoms. The maximum atomic E-state index is 13.4. The Hall–Kier alpha value is -4.16. The largest absolute Gasteiger partial charge is 0.417 e. The van der Waals surface area contributed by atoms with Crippen molar-refractivity contribution < 1.29 is 18.0 Å². The van der Waals surface area contributed by atoms with Gasteiger partial charge in [-0.25, -0.2) is 19.6 Å². The number of carbonyl (C=O) groups excluding carboxylic acids is 1. The molecule has 13 heteroatoms. The fraction of sp³-hybridized carbons (Fsp3) is 0.400. The summed E-state index contributed by atoms with van der Waals surface area (Å²) in [7, 11) is 0. The number of aliphatic imine (C=N–C) groups is 1. The number of rotatable bonds is 9. The maximum absolute atomic E-state index is 13.4. The standard InChI is InChI=1S/C25H26F3N9O/c1-3-5-6-16(22-32-13-33-37(22)4-2)30-12-18-34-20(29)19-21(35-18)36-23(38)24(19,14-7-8-14)17-10-9-15(11-31-17)25(26,27)28/h4,9-11,13-14H,2-3,5-8,12H2,1H3,(H3,29,34,35,36,38). The van der Waals surface area contributed by atoms with Gasteiger partial charge in [0.15, 0.2) is 11.6 Å². The molecule has 2 aliphatic rings. The average Bonchev–Trinajstić information content (AvgIpc) is 3.54. The molecule has 10 nitrogen and oxygen atoms in total. The molecule has 1 fully saturated rings. The molecule has 3 aromatic rings. The lowest BCUT2D eigenvalue weighted by Crippen LogP contribution is -2.39. The monoisotopic (exact) mass is 525 g/mol. The molecule has 1 atom stereocenters. The van der Waals surface area contributed by atoms with E-state index in [1.54, 1.807) is 0 Å². The van der Waals surface area contributed by atoms with E-state index in [4.69, 9.17) is 5.73 Å². The van der Waals surface area contributed by atoms with Gasteiger partial charge in [0.1, 0.15) is 23.4 Å². The summed E-state index contributed by atoms with van der Waals surface area (Å²) in [5.41, 5.74) is 5.40. The van der Waals surface area contributed by atoms with Crippen LogP contribution in [0, 0.1) is 5.92 Å².